The van der Waals surface area contributed by atoms with Crippen molar-refractivity contribution in [2.45, 2.75) is 31.6 Å². The molecule has 0 heterocycles. The van der Waals surface area contributed by atoms with Crippen LogP contribution in [0.3, 0.4) is 0 Å². The van der Waals surface area contributed by atoms with E-state index in [0.29, 0.717) is 0 Å². The van der Waals surface area contributed by atoms with E-state index in [1.54, 1.807) is 0 Å². The van der Waals surface area contributed by atoms with Crippen LogP contribution in [0.2, 0.25) is 0 Å². The molecular formula is C71H53N. The van der Waals surface area contributed by atoms with Crippen LogP contribution >= 0.6 is 0 Å². The fourth-order valence-corrected chi connectivity index (χ4v) is 12.3. The van der Waals surface area contributed by atoms with E-state index in [0.717, 1.165) is 28.2 Å². The zero-order chi connectivity index (χ0) is 48.4. The normalized spacial score (nSPS) is 14.8. The third-order valence-electron chi connectivity index (χ3n) is 15.8. The Kier molecular flexibility index (Phi) is 10.4. The summed E-state index contributed by atoms with van der Waals surface area (Å²) in [5, 5.41) is 0. The van der Waals surface area contributed by atoms with Crippen LogP contribution in [-0.4, -0.2) is 0 Å². The van der Waals surface area contributed by atoms with Gasteiger partial charge in [0.05, 0.1) is 5.69 Å². The van der Waals surface area contributed by atoms with E-state index in [-0.39, 0.29) is 10.8 Å². The summed E-state index contributed by atoms with van der Waals surface area (Å²) in [5.41, 5.74) is 26.8. The van der Waals surface area contributed by atoms with Gasteiger partial charge in [-0.25, -0.2) is 0 Å². The number of benzene rings is 11. The highest BCUT2D eigenvalue weighted by Gasteiger charge is 2.41. The van der Waals surface area contributed by atoms with Crippen molar-refractivity contribution >= 4 is 17.1 Å². The topological polar surface area (TPSA) is 3.24 Å². The van der Waals surface area contributed by atoms with Gasteiger partial charge in [-0.3, -0.25) is 0 Å². The van der Waals surface area contributed by atoms with Gasteiger partial charge in [0.2, 0.25) is 0 Å². The van der Waals surface area contributed by atoms with Crippen LogP contribution in [0.1, 0.15) is 48.6 Å². The number of para-hydroxylation sites is 1. The van der Waals surface area contributed by atoms with Crippen molar-refractivity contribution < 1.29 is 0 Å². The lowest BCUT2D eigenvalue weighted by Gasteiger charge is -2.32. The fraction of sp³-hybridized carbons (Fsp3) is 0.0704. The van der Waals surface area contributed by atoms with Crippen molar-refractivity contribution in [1.82, 2.24) is 0 Å². The summed E-state index contributed by atoms with van der Waals surface area (Å²) in [6.45, 7) is 7.17. The molecule has 1 heteroatoms. The van der Waals surface area contributed by atoms with Crippen LogP contribution in [0, 0.1) is 0 Å². The molecule has 13 rings (SSSR count). The molecule has 0 aliphatic heterocycles. The minimum absolute atomic E-state index is 0.134. The second kappa shape index (κ2) is 17.3. The lowest BCUT2D eigenvalue weighted by Crippen LogP contribution is -2.22. The van der Waals surface area contributed by atoms with Crippen LogP contribution in [0.4, 0.5) is 17.1 Å². The van der Waals surface area contributed by atoms with E-state index in [2.05, 4.69) is 293 Å². The summed E-state index contributed by atoms with van der Waals surface area (Å²) in [5.74, 6) is 0. The van der Waals surface area contributed by atoms with Crippen LogP contribution in [-0.2, 0) is 10.8 Å². The Labute approximate surface area is 424 Å². The van der Waals surface area contributed by atoms with Gasteiger partial charge in [-0.05, 0) is 143 Å². The standard InChI is InChI=1S/C71H53N/c1-70(2)65-35-18-15-32-60(65)63-34-21-33-62(69(63)70)58-30-14-13-28-55(58)50-38-41-53(42-39-50)72(54-43-45-61-59-31-16-19-36-66(59)71(3,67(61)47-54)52-26-11-6-12-27-52)68-37-20-17-29-57(68)51-40-44-56(48-22-7-4-8-23-48)64(46-51)49-24-9-5-10-25-49/h4-47H,1-3H3. The number of fused-ring (bicyclic) bond motifs is 6. The van der Waals surface area contributed by atoms with Crippen LogP contribution in [0.5, 0.6) is 0 Å². The van der Waals surface area contributed by atoms with Crippen molar-refractivity contribution in [3.8, 4) is 77.9 Å². The Morgan fingerprint density at radius 1 is 0.264 bits per heavy atom. The lowest BCUT2D eigenvalue weighted by atomic mass is 9.74. The Morgan fingerprint density at radius 3 is 1.40 bits per heavy atom. The molecule has 1 unspecified atom stereocenters. The predicted octanol–water partition coefficient (Wildman–Crippen LogP) is 19.1. The Bertz CT molecular complexity index is 3830. The zero-order valence-electron chi connectivity index (χ0n) is 40.9. The summed E-state index contributed by atoms with van der Waals surface area (Å²) in [6, 6.07) is 98.7. The molecule has 0 aromatic heterocycles. The molecule has 0 spiro atoms. The molecule has 0 bridgehead atoms. The number of anilines is 3. The first-order valence-electron chi connectivity index (χ1n) is 25.3. The molecule has 0 N–H and O–H groups in total. The molecule has 1 nitrogen and oxygen atoms in total. The highest BCUT2D eigenvalue weighted by atomic mass is 15.1. The SMILES string of the molecule is CC1(C)c2ccccc2-c2cccc(-c3ccccc3-c3ccc(N(c4ccc5c(c4)C(C)(c4ccccc4)c4ccccc4-5)c4ccccc4-c4ccc(-c5ccccc5)c(-c5ccccc5)c4)cc3)c21. The molecular weight excluding hydrogens is 867 g/mol. The van der Waals surface area contributed by atoms with Crippen molar-refractivity contribution in [3.63, 3.8) is 0 Å². The second-order valence-electron chi connectivity index (χ2n) is 20.1. The predicted molar refractivity (Wildman–Crippen MR) is 303 cm³/mol. The lowest BCUT2D eigenvalue weighted by molar-refractivity contribution is 0.662. The van der Waals surface area contributed by atoms with E-state index in [1.165, 1.54) is 94.6 Å². The summed E-state index contributed by atoms with van der Waals surface area (Å²) in [4.78, 5) is 2.48. The van der Waals surface area contributed by atoms with E-state index in [1.807, 2.05) is 0 Å². The number of nitrogens with zero attached hydrogens (tertiary/aromatic N) is 1. The zero-order valence-corrected chi connectivity index (χ0v) is 40.9. The van der Waals surface area contributed by atoms with Gasteiger partial charge in [0.1, 0.15) is 0 Å². The highest BCUT2D eigenvalue weighted by Crippen LogP contribution is 2.56. The smallest absolute Gasteiger partial charge is 0.0540 e. The van der Waals surface area contributed by atoms with Gasteiger partial charge in [0.25, 0.3) is 0 Å². The Morgan fingerprint density at radius 2 is 0.708 bits per heavy atom. The van der Waals surface area contributed by atoms with E-state index >= 15 is 0 Å². The maximum absolute atomic E-state index is 2.48. The monoisotopic (exact) mass is 919 g/mol. The minimum Gasteiger partial charge on any atom is -0.310 e. The van der Waals surface area contributed by atoms with Crippen molar-refractivity contribution in [2.24, 2.45) is 0 Å². The van der Waals surface area contributed by atoms with Crippen LogP contribution in [0.25, 0.3) is 77.9 Å². The van der Waals surface area contributed by atoms with Crippen molar-refractivity contribution in [3.05, 3.63) is 295 Å². The van der Waals surface area contributed by atoms with Crippen molar-refractivity contribution in [2.75, 3.05) is 4.90 Å². The maximum atomic E-state index is 2.48. The first kappa shape index (κ1) is 43.3. The van der Waals surface area contributed by atoms with Crippen LogP contribution < -0.4 is 4.90 Å². The Balaban J connectivity index is 0.986. The van der Waals surface area contributed by atoms with Crippen molar-refractivity contribution in [1.29, 1.82) is 0 Å². The Hall–Kier alpha value is -8.78. The third kappa shape index (κ3) is 6.91. The summed E-state index contributed by atoms with van der Waals surface area (Å²) in [7, 11) is 0. The van der Waals surface area contributed by atoms with Gasteiger partial charge >= 0.3 is 0 Å². The number of hydrogen-bond acceptors (Lipinski definition) is 1. The highest BCUT2D eigenvalue weighted by molar-refractivity contribution is 5.96. The average molecular weight is 920 g/mol. The second-order valence-corrected chi connectivity index (χ2v) is 20.1. The van der Waals surface area contributed by atoms with Crippen LogP contribution in [0.15, 0.2) is 267 Å². The molecule has 72 heavy (non-hydrogen) atoms. The fourth-order valence-electron chi connectivity index (χ4n) is 12.3. The number of rotatable bonds is 9. The molecule has 1 atom stereocenters. The van der Waals surface area contributed by atoms with Gasteiger partial charge in [-0.2, -0.15) is 0 Å². The number of hydrogen-bond donors (Lipinski definition) is 0. The molecule has 0 amide bonds. The van der Waals surface area contributed by atoms with Gasteiger partial charge in [0.15, 0.2) is 0 Å². The molecule has 11 aromatic rings. The van der Waals surface area contributed by atoms with Gasteiger partial charge in [-0.1, -0.05) is 244 Å². The summed E-state index contributed by atoms with van der Waals surface area (Å²) >= 11 is 0. The molecule has 0 radical (unpaired) electrons. The maximum Gasteiger partial charge on any atom is 0.0540 e. The molecule has 0 saturated heterocycles. The van der Waals surface area contributed by atoms with Gasteiger partial charge in [-0.15, -0.1) is 0 Å². The first-order chi connectivity index (χ1) is 35.4. The largest absolute Gasteiger partial charge is 0.310 e. The third-order valence-corrected chi connectivity index (χ3v) is 15.8. The van der Waals surface area contributed by atoms with E-state index in [9.17, 15) is 0 Å². The van der Waals surface area contributed by atoms with Gasteiger partial charge in [0, 0.05) is 27.8 Å². The van der Waals surface area contributed by atoms with Gasteiger partial charge < -0.3 is 4.90 Å². The molecule has 11 aromatic carbocycles. The molecule has 0 fully saturated rings. The first-order valence-corrected chi connectivity index (χ1v) is 25.3. The molecule has 2 aliphatic carbocycles. The average Bonchev–Trinajstić information content (AvgIpc) is 3.85. The van der Waals surface area contributed by atoms with E-state index in [4.69, 9.17) is 0 Å². The quantitative estimate of drug-likeness (QED) is 0.139. The molecule has 342 valence electrons. The van der Waals surface area contributed by atoms with E-state index < -0.39 is 0 Å². The molecule has 0 saturated carbocycles. The summed E-state index contributed by atoms with van der Waals surface area (Å²) < 4.78 is 0. The summed E-state index contributed by atoms with van der Waals surface area (Å²) in [6.07, 6.45) is 0. The molecule has 2 aliphatic rings. The minimum atomic E-state index is -0.354.